The van der Waals surface area contributed by atoms with Gasteiger partial charge in [0, 0.05) is 0 Å². The van der Waals surface area contributed by atoms with Gasteiger partial charge in [-0.15, -0.1) is 0 Å². The summed E-state index contributed by atoms with van der Waals surface area (Å²) in [5, 5.41) is 0. The molecule has 0 saturated carbocycles. The number of rotatable bonds is 8. The molecule has 0 saturated heterocycles. The second-order valence-corrected chi connectivity index (χ2v) is 6.58. The van der Waals surface area contributed by atoms with Crippen molar-refractivity contribution in [2.75, 3.05) is 12.4 Å². The normalized spacial score (nSPS) is 12.6. The van der Waals surface area contributed by atoms with E-state index >= 15 is 0 Å². The van der Waals surface area contributed by atoms with E-state index in [0.29, 0.717) is 5.56 Å². The Labute approximate surface area is 129 Å². The molecule has 1 atom stereocenters. The summed E-state index contributed by atoms with van der Waals surface area (Å²) in [6.07, 6.45) is -0.220. The smallest absolute Gasteiger partial charge is 0.306 e. The van der Waals surface area contributed by atoms with Gasteiger partial charge >= 0.3 is 5.97 Å². The van der Waals surface area contributed by atoms with Crippen molar-refractivity contribution < 1.29 is 17.9 Å². The van der Waals surface area contributed by atoms with Crippen molar-refractivity contribution in [1.82, 2.24) is 4.72 Å². The standard InChI is InChI=1S/C13H18N2O4S2/c1-2-19-11(16)8-9-21(17,18)15-12(13(14)20)10-6-4-3-5-7-10/h3-7,12,15H,2,8-9H2,1H3,(H2,14,20). The van der Waals surface area contributed by atoms with Crippen LogP contribution in [0.5, 0.6) is 0 Å². The van der Waals surface area contributed by atoms with Gasteiger partial charge in [0.05, 0.1) is 29.8 Å². The first-order valence-corrected chi connectivity index (χ1v) is 8.41. The fourth-order valence-corrected chi connectivity index (χ4v) is 3.07. The Hall–Kier alpha value is -1.51. The molecule has 116 valence electrons. The summed E-state index contributed by atoms with van der Waals surface area (Å²) in [4.78, 5) is 11.2. The fraction of sp³-hybridized carbons (Fsp3) is 0.385. The molecule has 0 aliphatic heterocycles. The predicted octanol–water partition coefficient (Wildman–Crippen LogP) is 0.886. The number of carbonyl (C=O) groups is 1. The van der Waals surface area contributed by atoms with Crippen molar-refractivity contribution in [2.24, 2.45) is 5.73 Å². The Morgan fingerprint density at radius 1 is 1.38 bits per heavy atom. The number of nitrogens with two attached hydrogens (primary N) is 1. The summed E-state index contributed by atoms with van der Waals surface area (Å²) < 4.78 is 31.1. The first-order chi connectivity index (χ1) is 9.85. The number of ether oxygens (including phenoxy) is 1. The first kappa shape index (κ1) is 17.5. The van der Waals surface area contributed by atoms with Gasteiger partial charge in [-0.3, -0.25) is 4.79 Å². The molecule has 0 aliphatic rings. The minimum atomic E-state index is -3.71. The Kier molecular flexibility index (Phi) is 6.73. The molecule has 0 amide bonds. The molecule has 0 aromatic heterocycles. The Balaban J connectivity index is 2.75. The van der Waals surface area contributed by atoms with Gasteiger partial charge in [0.25, 0.3) is 0 Å². The molecule has 0 heterocycles. The highest BCUT2D eigenvalue weighted by Gasteiger charge is 2.22. The summed E-state index contributed by atoms with van der Waals surface area (Å²) >= 11 is 4.90. The molecule has 0 fully saturated rings. The summed E-state index contributed by atoms with van der Waals surface area (Å²) in [7, 11) is -3.71. The van der Waals surface area contributed by atoms with Gasteiger partial charge < -0.3 is 10.5 Å². The third kappa shape index (κ3) is 6.19. The molecule has 1 aromatic rings. The number of sulfonamides is 1. The molecule has 8 heteroatoms. The zero-order valence-corrected chi connectivity index (χ0v) is 13.2. The minimum absolute atomic E-state index is 0.0147. The number of carbonyl (C=O) groups excluding carboxylic acids is 1. The Morgan fingerprint density at radius 2 is 2.00 bits per heavy atom. The van der Waals surface area contributed by atoms with Crippen LogP contribution in [0.25, 0.3) is 0 Å². The summed E-state index contributed by atoms with van der Waals surface area (Å²) in [5.41, 5.74) is 6.24. The van der Waals surface area contributed by atoms with E-state index < -0.39 is 22.0 Å². The fourth-order valence-electron chi connectivity index (χ4n) is 1.63. The number of hydrogen-bond acceptors (Lipinski definition) is 5. The van der Waals surface area contributed by atoms with Crippen LogP contribution in [0, 0.1) is 0 Å². The van der Waals surface area contributed by atoms with Gasteiger partial charge in [-0.25, -0.2) is 13.1 Å². The van der Waals surface area contributed by atoms with Gasteiger partial charge in [0.2, 0.25) is 10.0 Å². The van der Waals surface area contributed by atoms with Crippen LogP contribution >= 0.6 is 12.2 Å². The van der Waals surface area contributed by atoms with Crippen molar-refractivity contribution in [2.45, 2.75) is 19.4 Å². The zero-order chi connectivity index (χ0) is 15.9. The molecular weight excluding hydrogens is 312 g/mol. The second-order valence-electron chi connectivity index (χ2n) is 4.24. The number of esters is 1. The monoisotopic (exact) mass is 330 g/mol. The molecule has 0 radical (unpaired) electrons. The highest BCUT2D eigenvalue weighted by molar-refractivity contribution is 7.89. The molecule has 0 spiro atoms. The summed E-state index contributed by atoms with van der Waals surface area (Å²) in [5.74, 6) is -0.938. The van der Waals surface area contributed by atoms with Crippen LogP contribution in [0.3, 0.4) is 0 Å². The molecule has 0 bridgehead atoms. The van der Waals surface area contributed by atoms with E-state index in [9.17, 15) is 13.2 Å². The molecule has 21 heavy (non-hydrogen) atoms. The maximum atomic E-state index is 12.0. The van der Waals surface area contributed by atoms with Crippen LogP contribution in [0.4, 0.5) is 0 Å². The number of nitrogens with one attached hydrogen (secondary N) is 1. The van der Waals surface area contributed by atoms with E-state index in [1.165, 1.54) is 0 Å². The van der Waals surface area contributed by atoms with Gasteiger partial charge in [0.15, 0.2) is 0 Å². The van der Waals surface area contributed by atoms with E-state index in [4.69, 9.17) is 22.7 Å². The lowest BCUT2D eigenvalue weighted by molar-refractivity contribution is -0.142. The van der Waals surface area contributed by atoms with E-state index in [-0.39, 0.29) is 23.8 Å². The summed E-state index contributed by atoms with van der Waals surface area (Å²) in [6, 6.07) is 7.96. The predicted molar refractivity (Wildman–Crippen MR) is 84.1 cm³/mol. The van der Waals surface area contributed by atoms with Crippen molar-refractivity contribution >= 4 is 33.2 Å². The van der Waals surface area contributed by atoms with Crippen LogP contribution in [0.2, 0.25) is 0 Å². The average Bonchev–Trinajstić information content (AvgIpc) is 2.44. The molecule has 6 nitrogen and oxygen atoms in total. The van der Waals surface area contributed by atoms with Gasteiger partial charge in [-0.2, -0.15) is 0 Å². The molecule has 1 aromatic carbocycles. The quantitative estimate of drug-likeness (QED) is 0.542. The van der Waals surface area contributed by atoms with Crippen molar-refractivity contribution in [3.8, 4) is 0 Å². The van der Waals surface area contributed by atoms with Crippen LogP contribution in [-0.4, -0.2) is 31.7 Å². The SMILES string of the molecule is CCOC(=O)CCS(=O)(=O)NC(C(N)=S)c1ccccc1. The first-order valence-electron chi connectivity index (χ1n) is 6.35. The molecular formula is C13H18N2O4S2. The average molecular weight is 330 g/mol. The van der Waals surface area contributed by atoms with Crippen molar-refractivity contribution in [3.05, 3.63) is 35.9 Å². The van der Waals surface area contributed by atoms with E-state index in [2.05, 4.69) is 4.72 Å². The van der Waals surface area contributed by atoms with E-state index in [1.54, 1.807) is 37.3 Å². The summed E-state index contributed by atoms with van der Waals surface area (Å²) in [6.45, 7) is 1.87. The number of thiocarbonyl (C=S) groups is 1. The van der Waals surface area contributed by atoms with Crippen LogP contribution < -0.4 is 10.5 Å². The highest BCUT2D eigenvalue weighted by Crippen LogP contribution is 2.14. The van der Waals surface area contributed by atoms with Crippen molar-refractivity contribution in [1.29, 1.82) is 0 Å². The van der Waals surface area contributed by atoms with E-state index in [0.717, 1.165) is 0 Å². The topological polar surface area (TPSA) is 98.5 Å². The maximum Gasteiger partial charge on any atom is 0.306 e. The van der Waals surface area contributed by atoms with Crippen LogP contribution in [-0.2, 0) is 19.6 Å². The maximum absolute atomic E-state index is 12.0. The lowest BCUT2D eigenvalue weighted by Crippen LogP contribution is -2.38. The zero-order valence-electron chi connectivity index (χ0n) is 11.6. The van der Waals surface area contributed by atoms with Crippen LogP contribution in [0.1, 0.15) is 24.9 Å². The number of hydrogen-bond donors (Lipinski definition) is 2. The molecule has 3 N–H and O–H groups in total. The van der Waals surface area contributed by atoms with Crippen molar-refractivity contribution in [3.63, 3.8) is 0 Å². The number of benzene rings is 1. The highest BCUT2D eigenvalue weighted by atomic mass is 32.2. The lowest BCUT2D eigenvalue weighted by Gasteiger charge is -2.17. The minimum Gasteiger partial charge on any atom is -0.466 e. The lowest BCUT2D eigenvalue weighted by atomic mass is 10.1. The van der Waals surface area contributed by atoms with Gasteiger partial charge in [-0.05, 0) is 12.5 Å². The Bertz CT molecular complexity index is 587. The largest absolute Gasteiger partial charge is 0.466 e. The van der Waals surface area contributed by atoms with Gasteiger partial charge in [0.1, 0.15) is 0 Å². The van der Waals surface area contributed by atoms with Gasteiger partial charge in [-0.1, -0.05) is 42.5 Å². The third-order valence-electron chi connectivity index (χ3n) is 2.60. The van der Waals surface area contributed by atoms with Crippen LogP contribution in [0.15, 0.2) is 30.3 Å². The molecule has 1 unspecified atom stereocenters. The molecule has 1 rings (SSSR count). The second kappa shape index (κ2) is 8.06. The Morgan fingerprint density at radius 3 is 2.52 bits per heavy atom. The van der Waals surface area contributed by atoms with E-state index in [1.807, 2.05) is 0 Å². The molecule has 0 aliphatic carbocycles. The third-order valence-corrected chi connectivity index (χ3v) is 4.17.